The molecule has 1 saturated carbocycles. The molecule has 1 aliphatic carbocycles. The highest BCUT2D eigenvalue weighted by atomic mass is 32.2. The molecule has 0 saturated heterocycles. The number of hydrogen-bond donors (Lipinski definition) is 0. The summed E-state index contributed by atoms with van der Waals surface area (Å²) in [6.07, 6.45) is 3.42. The Labute approximate surface area is 213 Å². The van der Waals surface area contributed by atoms with Crippen LogP contribution in [-0.2, 0) is 33.1 Å². The molecule has 3 aromatic rings. The second-order valence-corrected chi connectivity index (χ2v) is 12.8. The Hall–Kier alpha value is -2.59. The van der Waals surface area contributed by atoms with E-state index in [9.17, 15) is 21.2 Å². The average molecular weight is 531 g/mol. The van der Waals surface area contributed by atoms with Crippen molar-refractivity contribution in [2.45, 2.75) is 61.5 Å². The Kier molecular flexibility index (Phi) is 8.24. The number of rotatable bonds is 10. The Balaban J connectivity index is 1.60. The van der Waals surface area contributed by atoms with Gasteiger partial charge in [0, 0.05) is 25.7 Å². The lowest BCUT2D eigenvalue weighted by Crippen LogP contribution is -2.38. The van der Waals surface area contributed by atoms with Gasteiger partial charge in [0.25, 0.3) is 0 Å². The topological polar surface area (TPSA) is 74.8 Å². The second kappa shape index (κ2) is 11.2. The van der Waals surface area contributed by atoms with Crippen molar-refractivity contribution in [3.05, 3.63) is 95.8 Å². The molecular weight excluding hydrogens is 499 g/mol. The fraction of sp³-hybridized carbons (Fsp3) is 0.333. The summed E-state index contributed by atoms with van der Waals surface area (Å²) < 4.78 is 70.1. The molecule has 4 rings (SSSR count). The third kappa shape index (κ3) is 5.86. The van der Waals surface area contributed by atoms with E-state index in [4.69, 9.17) is 0 Å². The van der Waals surface area contributed by atoms with Gasteiger partial charge >= 0.3 is 0 Å². The first-order chi connectivity index (χ1) is 17.2. The molecule has 0 unspecified atom stereocenters. The number of nitrogens with zero attached hydrogens (tertiary/aromatic N) is 2. The molecule has 0 aliphatic heterocycles. The van der Waals surface area contributed by atoms with Gasteiger partial charge < -0.3 is 0 Å². The standard InChI is InChI=1S/C27H31FN2O4S2/c1-2-29(20-22-8-4-3-5-9-22)35(31,32)26-16-18-27(19-17-26)36(33,34)30(25-10-6-7-11-25)21-23-12-14-24(28)15-13-23/h3-5,8-9,12-19,25H,2,6-7,10-11,20-21H2,1H3. The lowest BCUT2D eigenvalue weighted by molar-refractivity contribution is 0.316. The van der Waals surface area contributed by atoms with E-state index in [0.29, 0.717) is 5.56 Å². The van der Waals surface area contributed by atoms with Crippen molar-refractivity contribution in [2.24, 2.45) is 0 Å². The summed E-state index contributed by atoms with van der Waals surface area (Å²) in [5.74, 6) is -0.376. The second-order valence-electron chi connectivity index (χ2n) is 9.00. The van der Waals surface area contributed by atoms with E-state index in [1.54, 1.807) is 19.1 Å². The third-order valence-corrected chi connectivity index (χ3v) is 10.5. The minimum absolute atomic E-state index is 0.0431. The number of halogens is 1. The van der Waals surface area contributed by atoms with Crippen molar-refractivity contribution >= 4 is 20.0 Å². The summed E-state index contributed by atoms with van der Waals surface area (Å²) in [4.78, 5) is 0.0896. The first-order valence-electron chi connectivity index (χ1n) is 12.1. The van der Waals surface area contributed by atoms with Gasteiger partial charge in [0.2, 0.25) is 20.0 Å². The molecule has 0 amide bonds. The Morgan fingerprint density at radius 1 is 0.722 bits per heavy atom. The van der Waals surface area contributed by atoms with Gasteiger partial charge in [-0.15, -0.1) is 0 Å². The van der Waals surface area contributed by atoms with Crippen LogP contribution in [0.2, 0.25) is 0 Å². The number of hydrogen-bond acceptors (Lipinski definition) is 4. The first-order valence-corrected chi connectivity index (χ1v) is 15.0. The van der Waals surface area contributed by atoms with E-state index in [1.807, 2.05) is 30.3 Å². The zero-order valence-corrected chi connectivity index (χ0v) is 21.9. The van der Waals surface area contributed by atoms with Crippen LogP contribution in [0.4, 0.5) is 4.39 Å². The minimum atomic E-state index is -3.90. The van der Waals surface area contributed by atoms with Gasteiger partial charge in [-0.1, -0.05) is 62.2 Å². The van der Waals surface area contributed by atoms with Gasteiger partial charge in [0.15, 0.2) is 0 Å². The third-order valence-electron chi connectivity index (χ3n) is 6.61. The van der Waals surface area contributed by atoms with E-state index in [2.05, 4.69) is 0 Å². The monoisotopic (exact) mass is 530 g/mol. The van der Waals surface area contributed by atoms with Gasteiger partial charge in [-0.3, -0.25) is 0 Å². The van der Waals surface area contributed by atoms with Gasteiger partial charge in [-0.05, 0) is 60.4 Å². The van der Waals surface area contributed by atoms with E-state index < -0.39 is 20.0 Å². The molecule has 1 fully saturated rings. The molecule has 0 N–H and O–H groups in total. The van der Waals surface area contributed by atoms with Crippen LogP contribution in [0.1, 0.15) is 43.7 Å². The maximum absolute atomic E-state index is 13.7. The van der Waals surface area contributed by atoms with E-state index in [1.165, 1.54) is 45.0 Å². The zero-order chi connectivity index (χ0) is 25.8. The molecule has 0 heterocycles. The van der Waals surface area contributed by atoms with Crippen LogP contribution in [0, 0.1) is 5.82 Å². The first kappa shape index (κ1) is 26.5. The van der Waals surface area contributed by atoms with Crippen LogP contribution >= 0.6 is 0 Å². The van der Waals surface area contributed by atoms with Crippen LogP contribution in [0.15, 0.2) is 88.7 Å². The Bertz CT molecular complexity index is 1360. The molecular formula is C27H31FN2O4S2. The van der Waals surface area contributed by atoms with Crippen LogP contribution < -0.4 is 0 Å². The zero-order valence-electron chi connectivity index (χ0n) is 20.3. The Morgan fingerprint density at radius 3 is 1.81 bits per heavy atom. The average Bonchev–Trinajstić information content (AvgIpc) is 3.42. The lowest BCUT2D eigenvalue weighted by atomic mass is 10.2. The maximum Gasteiger partial charge on any atom is 0.243 e. The van der Waals surface area contributed by atoms with E-state index in [0.717, 1.165) is 31.2 Å². The lowest BCUT2D eigenvalue weighted by Gasteiger charge is -2.28. The normalized spacial score (nSPS) is 15.1. The highest BCUT2D eigenvalue weighted by molar-refractivity contribution is 7.89. The molecule has 6 nitrogen and oxygen atoms in total. The van der Waals surface area contributed by atoms with Crippen molar-refractivity contribution in [1.29, 1.82) is 0 Å². The Morgan fingerprint density at radius 2 is 1.25 bits per heavy atom. The molecule has 0 spiro atoms. The summed E-state index contributed by atoms with van der Waals surface area (Å²) in [7, 11) is -7.71. The molecule has 192 valence electrons. The van der Waals surface area contributed by atoms with Crippen molar-refractivity contribution in [2.75, 3.05) is 6.54 Å². The van der Waals surface area contributed by atoms with Crippen molar-refractivity contribution < 1.29 is 21.2 Å². The summed E-state index contributed by atoms with van der Waals surface area (Å²) in [5, 5.41) is 0. The van der Waals surface area contributed by atoms with E-state index in [-0.39, 0.29) is 41.3 Å². The highest BCUT2D eigenvalue weighted by Crippen LogP contribution is 2.31. The van der Waals surface area contributed by atoms with Crippen molar-refractivity contribution in [1.82, 2.24) is 8.61 Å². The summed E-state index contributed by atoms with van der Waals surface area (Å²) >= 11 is 0. The van der Waals surface area contributed by atoms with Crippen LogP contribution in [-0.4, -0.2) is 38.0 Å². The predicted octanol–water partition coefficient (Wildman–Crippen LogP) is 5.17. The number of benzene rings is 3. The van der Waals surface area contributed by atoms with Gasteiger partial charge in [-0.25, -0.2) is 21.2 Å². The summed E-state index contributed by atoms with van der Waals surface area (Å²) in [6, 6.07) is 20.5. The minimum Gasteiger partial charge on any atom is -0.207 e. The molecule has 9 heteroatoms. The van der Waals surface area contributed by atoms with Gasteiger partial charge in [0.05, 0.1) is 9.79 Å². The fourth-order valence-electron chi connectivity index (χ4n) is 4.59. The smallest absolute Gasteiger partial charge is 0.207 e. The maximum atomic E-state index is 13.7. The molecule has 0 radical (unpaired) electrons. The molecule has 3 aromatic carbocycles. The van der Waals surface area contributed by atoms with Crippen LogP contribution in [0.25, 0.3) is 0 Å². The van der Waals surface area contributed by atoms with Gasteiger partial charge in [0.1, 0.15) is 5.82 Å². The molecule has 0 bridgehead atoms. The SMILES string of the molecule is CCN(Cc1ccccc1)S(=O)(=O)c1ccc(S(=O)(=O)N(Cc2ccc(F)cc2)C2CCCC2)cc1. The molecule has 0 aromatic heterocycles. The fourth-order valence-corrected chi connectivity index (χ4v) is 7.70. The largest absolute Gasteiger partial charge is 0.243 e. The molecule has 0 atom stereocenters. The van der Waals surface area contributed by atoms with Crippen LogP contribution in [0.5, 0.6) is 0 Å². The number of sulfonamides is 2. The summed E-state index contributed by atoms with van der Waals surface area (Å²) in [5.41, 5.74) is 1.57. The van der Waals surface area contributed by atoms with Crippen molar-refractivity contribution in [3.8, 4) is 0 Å². The quantitative estimate of drug-likeness (QED) is 0.363. The summed E-state index contributed by atoms with van der Waals surface area (Å²) in [6.45, 7) is 2.42. The predicted molar refractivity (Wildman–Crippen MR) is 138 cm³/mol. The van der Waals surface area contributed by atoms with Crippen LogP contribution in [0.3, 0.4) is 0 Å². The van der Waals surface area contributed by atoms with Crippen molar-refractivity contribution in [3.63, 3.8) is 0 Å². The molecule has 36 heavy (non-hydrogen) atoms. The van der Waals surface area contributed by atoms with E-state index >= 15 is 0 Å². The highest BCUT2D eigenvalue weighted by Gasteiger charge is 2.34. The molecule has 1 aliphatic rings. The van der Waals surface area contributed by atoms with Gasteiger partial charge in [-0.2, -0.15) is 8.61 Å².